The topological polar surface area (TPSA) is 123 Å². The van der Waals surface area contributed by atoms with Crippen LogP contribution in [-0.4, -0.2) is 82.0 Å². The lowest BCUT2D eigenvalue weighted by Crippen LogP contribution is -3.00. The fraction of sp³-hybridized carbons (Fsp3) is 0.583. The molecule has 0 saturated carbocycles. The van der Waals surface area contributed by atoms with E-state index in [-0.39, 0.29) is 34.2 Å². The first-order chi connectivity index (χ1) is 10.9. The summed E-state index contributed by atoms with van der Waals surface area (Å²) < 4.78 is 5.80. The molecule has 1 aromatic heterocycles. The lowest BCUT2D eigenvalue weighted by molar-refractivity contribution is -0.134. The summed E-state index contributed by atoms with van der Waals surface area (Å²) >= 11 is 1.98. The van der Waals surface area contributed by atoms with Crippen LogP contribution in [0.1, 0.15) is 0 Å². The molecule has 12 heteroatoms. The number of carboxylic acid groups (broad SMARTS) is 2. The Balaban J connectivity index is 0.00000288. The highest BCUT2D eigenvalue weighted by molar-refractivity contribution is 8.00. The van der Waals surface area contributed by atoms with Crippen molar-refractivity contribution in [1.29, 1.82) is 0 Å². The monoisotopic (exact) mass is 396 g/mol. The van der Waals surface area contributed by atoms with Gasteiger partial charge in [0.2, 0.25) is 0 Å². The largest absolute Gasteiger partial charge is 1.00 e. The number of quaternary nitrogens is 1. The van der Waals surface area contributed by atoms with Crippen LogP contribution >= 0.6 is 23.5 Å². The molecule has 9 nitrogen and oxygen atoms in total. The number of nitrogens with zero attached hydrogens (tertiary/aromatic N) is 4. The maximum atomic E-state index is 10.7. The smallest absolute Gasteiger partial charge is 0.333 e. The summed E-state index contributed by atoms with van der Waals surface area (Å²) in [5.74, 6) is -1.77. The third-order valence-corrected chi connectivity index (χ3v) is 4.84. The van der Waals surface area contributed by atoms with E-state index in [4.69, 9.17) is 14.9 Å². The molecule has 2 heterocycles. The quantitative estimate of drug-likeness (QED) is 0.369. The molecule has 1 aromatic rings. The molecule has 2 rings (SSSR count). The van der Waals surface area contributed by atoms with Crippen LogP contribution in [0.4, 0.5) is 5.95 Å². The zero-order chi connectivity index (χ0) is 16.9. The normalized spacial score (nSPS) is 16.2. The van der Waals surface area contributed by atoms with Crippen LogP contribution in [0.25, 0.3) is 0 Å². The SMILES string of the molecule is C[N+]1(c2nc(SCC(=O)O)nc(SCC(=O)O)n2)CCOCC1.[Cl-]. The zero-order valence-electron chi connectivity index (χ0n) is 12.8. The Bertz CT molecular complexity index is 565. The van der Waals surface area contributed by atoms with Gasteiger partial charge < -0.3 is 27.4 Å². The van der Waals surface area contributed by atoms with Crippen molar-refractivity contribution < 1.29 is 36.9 Å². The van der Waals surface area contributed by atoms with Crippen LogP contribution in [0, 0.1) is 0 Å². The van der Waals surface area contributed by atoms with E-state index in [0.29, 0.717) is 36.7 Å². The van der Waals surface area contributed by atoms with E-state index >= 15 is 0 Å². The van der Waals surface area contributed by atoms with Crippen LogP contribution in [0.2, 0.25) is 0 Å². The van der Waals surface area contributed by atoms with Gasteiger partial charge in [0.15, 0.2) is 10.3 Å². The molecular formula is C12H17ClN4O5S2. The van der Waals surface area contributed by atoms with Gasteiger partial charge in [-0.2, -0.15) is 15.0 Å². The van der Waals surface area contributed by atoms with Gasteiger partial charge in [-0.15, -0.1) is 0 Å². The third-order valence-electron chi connectivity index (χ3n) is 3.17. The molecule has 1 aliphatic rings. The van der Waals surface area contributed by atoms with Gasteiger partial charge in [0.05, 0.1) is 31.8 Å². The average Bonchev–Trinajstić information content (AvgIpc) is 2.51. The summed E-state index contributed by atoms with van der Waals surface area (Å²) in [5.41, 5.74) is 0. The van der Waals surface area contributed by atoms with Gasteiger partial charge in [-0.1, -0.05) is 23.5 Å². The van der Waals surface area contributed by atoms with E-state index < -0.39 is 11.9 Å². The molecular weight excluding hydrogens is 380 g/mol. The number of carbonyl (C=O) groups is 2. The number of halogens is 1. The van der Waals surface area contributed by atoms with Gasteiger partial charge in [0.25, 0.3) is 0 Å². The van der Waals surface area contributed by atoms with E-state index in [9.17, 15) is 9.59 Å². The van der Waals surface area contributed by atoms with Crippen molar-refractivity contribution in [2.24, 2.45) is 0 Å². The number of carboxylic acids is 2. The molecule has 1 fully saturated rings. The number of likely N-dealkylation sites (N-methyl/N-ethyl adjacent to an activating group) is 1. The number of hydrogen-bond donors (Lipinski definition) is 2. The Morgan fingerprint density at radius 1 is 1.04 bits per heavy atom. The number of aromatic nitrogens is 3. The second-order valence-electron chi connectivity index (χ2n) is 5.02. The first-order valence-electron chi connectivity index (χ1n) is 6.77. The Morgan fingerprint density at radius 3 is 1.92 bits per heavy atom. The van der Waals surface area contributed by atoms with E-state index in [2.05, 4.69) is 15.0 Å². The molecule has 0 bridgehead atoms. The Kier molecular flexibility index (Phi) is 8.16. The van der Waals surface area contributed by atoms with Gasteiger partial charge in [0, 0.05) is 0 Å². The van der Waals surface area contributed by atoms with Crippen LogP contribution in [0.3, 0.4) is 0 Å². The predicted molar refractivity (Wildman–Crippen MR) is 84.8 cm³/mol. The summed E-state index contributed by atoms with van der Waals surface area (Å²) in [6.07, 6.45) is 0. The lowest BCUT2D eigenvalue weighted by atomic mass is 10.4. The van der Waals surface area contributed by atoms with Gasteiger partial charge in [-0.3, -0.25) is 14.1 Å². The van der Waals surface area contributed by atoms with Crippen molar-refractivity contribution in [3.63, 3.8) is 0 Å². The Labute approximate surface area is 153 Å². The van der Waals surface area contributed by atoms with Crippen molar-refractivity contribution in [2.45, 2.75) is 10.3 Å². The first-order valence-corrected chi connectivity index (χ1v) is 8.74. The average molecular weight is 397 g/mol. The van der Waals surface area contributed by atoms with E-state index in [1.165, 1.54) is 0 Å². The molecule has 0 unspecified atom stereocenters. The van der Waals surface area contributed by atoms with Crippen LogP contribution in [0.15, 0.2) is 10.3 Å². The standard InChI is InChI=1S/C12H16N4O5S2.ClH/c1-16(2-4-21-5-3-16)10-13-11(22-6-8(17)18)15-12(14-10)23-7-9(19)20;/h2-7H2,1H3,(H-,17,18,19,20);1H. The minimum absolute atomic E-state index is 0. The Hall–Kier alpha value is -1.14. The highest BCUT2D eigenvalue weighted by Crippen LogP contribution is 2.25. The zero-order valence-corrected chi connectivity index (χ0v) is 15.2. The van der Waals surface area contributed by atoms with Crippen LogP contribution in [-0.2, 0) is 14.3 Å². The van der Waals surface area contributed by atoms with Crippen molar-refractivity contribution >= 4 is 41.4 Å². The molecule has 24 heavy (non-hydrogen) atoms. The van der Waals surface area contributed by atoms with Crippen LogP contribution < -0.4 is 16.9 Å². The maximum absolute atomic E-state index is 10.7. The molecule has 1 saturated heterocycles. The molecule has 0 atom stereocenters. The number of thioether (sulfide) groups is 2. The van der Waals surface area contributed by atoms with Gasteiger partial charge in [-0.05, 0) is 0 Å². The number of morpholine rings is 1. The second-order valence-corrected chi connectivity index (χ2v) is 6.91. The molecule has 0 aliphatic carbocycles. The minimum Gasteiger partial charge on any atom is -1.00 e. The second kappa shape index (κ2) is 9.37. The lowest BCUT2D eigenvalue weighted by Gasteiger charge is -2.34. The summed E-state index contributed by atoms with van der Waals surface area (Å²) in [6.45, 7) is 2.54. The maximum Gasteiger partial charge on any atom is 0.333 e. The summed E-state index contributed by atoms with van der Waals surface area (Å²) in [4.78, 5) is 34.3. The molecule has 0 radical (unpaired) electrons. The summed E-state index contributed by atoms with van der Waals surface area (Å²) in [5, 5.41) is 18.2. The molecule has 2 N–H and O–H groups in total. The number of rotatable bonds is 7. The van der Waals surface area contributed by atoms with Crippen molar-refractivity contribution in [2.75, 3.05) is 44.9 Å². The summed E-state index contributed by atoms with van der Waals surface area (Å²) in [7, 11) is 1.97. The molecule has 0 spiro atoms. The summed E-state index contributed by atoms with van der Waals surface area (Å²) in [6, 6.07) is 0. The van der Waals surface area contributed by atoms with Crippen molar-refractivity contribution in [3.8, 4) is 0 Å². The van der Waals surface area contributed by atoms with Crippen molar-refractivity contribution in [1.82, 2.24) is 19.4 Å². The van der Waals surface area contributed by atoms with Gasteiger partial charge >= 0.3 is 17.9 Å². The minimum atomic E-state index is -0.969. The van der Waals surface area contributed by atoms with E-state index in [1.54, 1.807) is 0 Å². The fourth-order valence-electron chi connectivity index (χ4n) is 1.90. The number of hydrogen-bond acceptors (Lipinski definition) is 8. The molecule has 0 aromatic carbocycles. The van der Waals surface area contributed by atoms with Gasteiger partial charge in [-0.25, -0.2) is 0 Å². The number of ether oxygens (including phenoxy) is 1. The Morgan fingerprint density at radius 2 is 1.50 bits per heavy atom. The highest BCUT2D eigenvalue weighted by atomic mass is 35.5. The molecule has 134 valence electrons. The van der Waals surface area contributed by atoms with E-state index in [1.807, 2.05) is 7.05 Å². The predicted octanol–water partition coefficient (Wildman–Crippen LogP) is -2.80. The third kappa shape index (κ3) is 6.06. The van der Waals surface area contributed by atoms with E-state index in [0.717, 1.165) is 23.5 Å². The molecule has 0 amide bonds. The number of aliphatic carboxylic acids is 2. The van der Waals surface area contributed by atoms with Crippen LogP contribution in [0.5, 0.6) is 0 Å². The van der Waals surface area contributed by atoms with Gasteiger partial charge in [0.1, 0.15) is 13.1 Å². The first kappa shape index (κ1) is 20.9. The van der Waals surface area contributed by atoms with Crippen molar-refractivity contribution in [3.05, 3.63) is 0 Å². The molecule has 1 aliphatic heterocycles. The fourth-order valence-corrected chi connectivity index (χ4v) is 3.05. The highest BCUT2D eigenvalue weighted by Gasteiger charge is 2.32.